The summed E-state index contributed by atoms with van der Waals surface area (Å²) in [7, 11) is 0. The molecule has 0 saturated carbocycles. The molecule has 1 aromatic heterocycles. The fraction of sp³-hybridized carbons (Fsp3) is 0.280. The van der Waals surface area contributed by atoms with E-state index in [-0.39, 0.29) is 12.5 Å². The molecule has 2 aromatic carbocycles. The second kappa shape index (κ2) is 11.4. The molecule has 0 aliphatic rings. The zero-order valence-corrected chi connectivity index (χ0v) is 19.8. The van der Waals surface area contributed by atoms with Gasteiger partial charge in [0.05, 0.1) is 25.5 Å². The number of anilines is 2. The molecule has 0 fully saturated rings. The SMILES string of the molecule is CCCOc1ccc(C(=O)Nc2scc(-c3ccc(OCC)cc3)c2C(=O)OCC)cc1N. The third-order valence-electron chi connectivity index (χ3n) is 4.71. The van der Waals surface area contributed by atoms with Crippen LogP contribution < -0.4 is 20.5 Å². The maximum atomic E-state index is 12.9. The minimum Gasteiger partial charge on any atom is -0.494 e. The van der Waals surface area contributed by atoms with Crippen LogP contribution in [0.3, 0.4) is 0 Å². The molecule has 1 heterocycles. The Morgan fingerprint density at radius 3 is 2.39 bits per heavy atom. The maximum absolute atomic E-state index is 12.9. The van der Waals surface area contributed by atoms with Gasteiger partial charge in [0.2, 0.25) is 0 Å². The lowest BCUT2D eigenvalue weighted by molar-refractivity contribution is 0.0529. The third-order valence-corrected chi connectivity index (χ3v) is 5.60. The molecule has 3 aromatic rings. The zero-order chi connectivity index (χ0) is 23.8. The van der Waals surface area contributed by atoms with Crippen molar-refractivity contribution in [2.75, 3.05) is 30.9 Å². The zero-order valence-electron chi connectivity index (χ0n) is 19.0. The molecule has 0 spiro atoms. The number of thiophene rings is 1. The number of ether oxygens (including phenoxy) is 3. The molecule has 1 amide bonds. The van der Waals surface area contributed by atoms with E-state index in [9.17, 15) is 9.59 Å². The summed E-state index contributed by atoms with van der Waals surface area (Å²) >= 11 is 1.26. The number of amides is 1. The predicted molar refractivity (Wildman–Crippen MR) is 131 cm³/mol. The van der Waals surface area contributed by atoms with E-state index in [0.29, 0.717) is 46.3 Å². The van der Waals surface area contributed by atoms with Gasteiger partial charge in [-0.15, -0.1) is 11.3 Å². The monoisotopic (exact) mass is 468 g/mol. The van der Waals surface area contributed by atoms with Gasteiger partial charge >= 0.3 is 5.97 Å². The van der Waals surface area contributed by atoms with Crippen molar-refractivity contribution >= 4 is 33.9 Å². The van der Waals surface area contributed by atoms with Crippen molar-refractivity contribution in [2.45, 2.75) is 27.2 Å². The topological polar surface area (TPSA) is 99.9 Å². The number of carbonyl (C=O) groups excluding carboxylic acids is 2. The number of rotatable bonds is 10. The van der Waals surface area contributed by atoms with Crippen molar-refractivity contribution in [2.24, 2.45) is 0 Å². The van der Waals surface area contributed by atoms with Gasteiger partial charge in [-0.2, -0.15) is 0 Å². The molecule has 174 valence electrons. The van der Waals surface area contributed by atoms with Crippen LogP contribution in [0.25, 0.3) is 11.1 Å². The Morgan fingerprint density at radius 2 is 1.76 bits per heavy atom. The van der Waals surface area contributed by atoms with Crippen LogP contribution in [0.1, 0.15) is 47.9 Å². The number of hydrogen-bond donors (Lipinski definition) is 2. The lowest BCUT2D eigenvalue weighted by atomic mass is 10.0. The molecule has 0 aliphatic heterocycles. The standard InChI is InChI=1S/C25H28N2O5S/c1-4-13-32-21-12-9-17(14-20(21)26)23(28)27-24-22(25(29)31-6-3)19(15-33-24)16-7-10-18(11-8-16)30-5-2/h7-12,14-15H,4-6,13,26H2,1-3H3,(H,27,28). The van der Waals surface area contributed by atoms with Gasteiger partial charge in [0.15, 0.2) is 0 Å². The summed E-state index contributed by atoms with van der Waals surface area (Å²) in [5.74, 6) is 0.399. The summed E-state index contributed by atoms with van der Waals surface area (Å²) in [6, 6.07) is 12.3. The molecule has 0 saturated heterocycles. The molecule has 3 N–H and O–H groups in total. The van der Waals surface area contributed by atoms with Crippen LogP contribution >= 0.6 is 11.3 Å². The van der Waals surface area contributed by atoms with Crippen LogP contribution in [0.4, 0.5) is 10.7 Å². The van der Waals surface area contributed by atoms with Gasteiger partial charge in [-0.05, 0) is 56.2 Å². The van der Waals surface area contributed by atoms with E-state index < -0.39 is 5.97 Å². The van der Waals surface area contributed by atoms with Crippen molar-refractivity contribution in [1.82, 2.24) is 0 Å². The predicted octanol–water partition coefficient (Wildman–Crippen LogP) is 5.61. The first-order valence-corrected chi connectivity index (χ1v) is 11.7. The van der Waals surface area contributed by atoms with Gasteiger partial charge in [-0.1, -0.05) is 19.1 Å². The molecule has 3 rings (SSSR count). The molecule has 8 heteroatoms. The first kappa shape index (κ1) is 24.1. The highest BCUT2D eigenvalue weighted by atomic mass is 32.1. The second-order valence-corrected chi connectivity index (χ2v) is 7.97. The van der Waals surface area contributed by atoms with E-state index >= 15 is 0 Å². The quantitative estimate of drug-likeness (QED) is 0.296. The van der Waals surface area contributed by atoms with Crippen molar-refractivity contribution < 1.29 is 23.8 Å². The number of nitrogens with one attached hydrogen (secondary N) is 1. The summed E-state index contributed by atoms with van der Waals surface area (Å²) in [5.41, 5.74) is 8.59. The Balaban J connectivity index is 1.89. The molecular weight excluding hydrogens is 440 g/mol. The van der Waals surface area contributed by atoms with Crippen LogP contribution in [0.15, 0.2) is 47.8 Å². The molecule has 0 unspecified atom stereocenters. The van der Waals surface area contributed by atoms with Gasteiger partial charge in [0.1, 0.15) is 22.1 Å². The average molecular weight is 469 g/mol. The summed E-state index contributed by atoms with van der Waals surface area (Å²) in [5, 5.41) is 5.07. The summed E-state index contributed by atoms with van der Waals surface area (Å²) in [6.07, 6.45) is 0.855. The van der Waals surface area contributed by atoms with Gasteiger partial charge in [0.25, 0.3) is 5.91 Å². The van der Waals surface area contributed by atoms with Crippen LogP contribution in [0.2, 0.25) is 0 Å². The van der Waals surface area contributed by atoms with E-state index in [4.69, 9.17) is 19.9 Å². The Labute approximate surface area is 197 Å². The van der Waals surface area contributed by atoms with Crippen molar-refractivity contribution in [3.8, 4) is 22.6 Å². The Kier molecular flexibility index (Phi) is 8.32. The largest absolute Gasteiger partial charge is 0.494 e. The molecule has 0 radical (unpaired) electrons. The molecule has 0 aliphatic carbocycles. The highest BCUT2D eigenvalue weighted by Gasteiger charge is 2.23. The summed E-state index contributed by atoms with van der Waals surface area (Å²) in [4.78, 5) is 25.7. The van der Waals surface area contributed by atoms with Gasteiger partial charge in [-0.25, -0.2) is 4.79 Å². The number of hydrogen-bond acceptors (Lipinski definition) is 7. The summed E-state index contributed by atoms with van der Waals surface area (Å²) in [6.45, 7) is 6.99. The normalized spacial score (nSPS) is 10.5. The first-order chi connectivity index (χ1) is 16.0. The first-order valence-electron chi connectivity index (χ1n) is 10.8. The fourth-order valence-electron chi connectivity index (χ4n) is 3.17. The van der Waals surface area contributed by atoms with Crippen molar-refractivity contribution in [1.29, 1.82) is 0 Å². The Bertz CT molecular complexity index is 1110. The maximum Gasteiger partial charge on any atom is 0.341 e. The van der Waals surface area contributed by atoms with E-state index in [0.717, 1.165) is 17.7 Å². The van der Waals surface area contributed by atoms with Crippen LogP contribution in [0.5, 0.6) is 11.5 Å². The third kappa shape index (κ3) is 5.84. The lowest BCUT2D eigenvalue weighted by Gasteiger charge is -2.11. The molecule has 33 heavy (non-hydrogen) atoms. The van der Waals surface area contributed by atoms with Crippen LogP contribution in [-0.4, -0.2) is 31.7 Å². The van der Waals surface area contributed by atoms with Gasteiger partial charge in [0, 0.05) is 16.5 Å². The molecule has 7 nitrogen and oxygen atoms in total. The van der Waals surface area contributed by atoms with Gasteiger partial charge in [-0.3, -0.25) is 4.79 Å². The molecular formula is C25H28N2O5S. The minimum absolute atomic E-state index is 0.223. The fourth-order valence-corrected chi connectivity index (χ4v) is 4.13. The number of benzene rings is 2. The highest BCUT2D eigenvalue weighted by molar-refractivity contribution is 7.15. The molecule has 0 bridgehead atoms. The second-order valence-electron chi connectivity index (χ2n) is 7.09. The van der Waals surface area contributed by atoms with E-state index in [1.807, 2.05) is 43.5 Å². The smallest absolute Gasteiger partial charge is 0.341 e. The van der Waals surface area contributed by atoms with Crippen LogP contribution in [-0.2, 0) is 4.74 Å². The summed E-state index contributed by atoms with van der Waals surface area (Å²) < 4.78 is 16.3. The van der Waals surface area contributed by atoms with Gasteiger partial charge < -0.3 is 25.3 Å². The number of carbonyl (C=O) groups is 2. The molecule has 0 atom stereocenters. The van der Waals surface area contributed by atoms with E-state index in [1.54, 1.807) is 25.1 Å². The number of nitrogen functional groups attached to an aromatic ring is 1. The van der Waals surface area contributed by atoms with E-state index in [1.165, 1.54) is 11.3 Å². The van der Waals surface area contributed by atoms with Crippen molar-refractivity contribution in [3.63, 3.8) is 0 Å². The van der Waals surface area contributed by atoms with Crippen LogP contribution in [0, 0.1) is 0 Å². The minimum atomic E-state index is -0.499. The average Bonchev–Trinajstić information content (AvgIpc) is 3.22. The lowest BCUT2D eigenvalue weighted by Crippen LogP contribution is -2.15. The van der Waals surface area contributed by atoms with Crippen molar-refractivity contribution in [3.05, 3.63) is 59.0 Å². The Hall–Kier alpha value is -3.52. The van der Waals surface area contributed by atoms with E-state index in [2.05, 4.69) is 5.32 Å². The Morgan fingerprint density at radius 1 is 1.00 bits per heavy atom. The number of nitrogens with two attached hydrogens (primary N) is 1. The number of esters is 1. The highest BCUT2D eigenvalue weighted by Crippen LogP contribution is 2.37.